The standard InChI is InChI=1S/C24H30N2O2.ClH/c1-3-24(2)17-22(27)26(23(24)28)16-10-15-25(18-20-11-6-4-7-12-20)19-21-13-8-5-9-14-21;/h4-9,11-14H,3,10,15-19H2,1-2H3;1H. The number of imide groups is 1. The topological polar surface area (TPSA) is 40.6 Å². The largest absolute Gasteiger partial charge is 0.295 e. The van der Waals surface area contributed by atoms with E-state index in [0.29, 0.717) is 19.4 Å². The molecule has 1 heterocycles. The molecular weight excluding hydrogens is 384 g/mol. The maximum Gasteiger partial charge on any atom is 0.235 e. The Morgan fingerprint density at radius 3 is 1.90 bits per heavy atom. The number of likely N-dealkylation sites (tertiary alicyclic amines) is 1. The first kappa shape index (κ1) is 23.1. The van der Waals surface area contributed by atoms with Crippen molar-refractivity contribution in [3.63, 3.8) is 0 Å². The molecule has 156 valence electrons. The Bertz CT molecular complexity index is 756. The second-order valence-corrected chi connectivity index (χ2v) is 7.98. The predicted molar refractivity (Wildman–Crippen MR) is 119 cm³/mol. The average Bonchev–Trinajstić information content (AvgIpc) is 2.93. The zero-order valence-corrected chi connectivity index (χ0v) is 18.2. The molecule has 1 fully saturated rings. The van der Waals surface area contributed by atoms with E-state index in [2.05, 4.69) is 53.4 Å². The van der Waals surface area contributed by atoms with Crippen molar-refractivity contribution < 1.29 is 9.59 Å². The number of amides is 2. The second-order valence-electron chi connectivity index (χ2n) is 7.98. The fourth-order valence-corrected chi connectivity index (χ4v) is 3.80. The number of nitrogens with zero attached hydrogens (tertiary/aromatic N) is 2. The van der Waals surface area contributed by atoms with Crippen molar-refractivity contribution in [3.05, 3.63) is 71.8 Å². The Balaban J connectivity index is 0.00000300. The summed E-state index contributed by atoms with van der Waals surface area (Å²) in [6, 6.07) is 20.8. The van der Waals surface area contributed by atoms with Crippen LogP contribution in [-0.2, 0) is 22.7 Å². The van der Waals surface area contributed by atoms with Gasteiger partial charge in [0.05, 0.1) is 5.41 Å². The third-order valence-corrected chi connectivity index (χ3v) is 5.74. The molecule has 1 atom stereocenters. The van der Waals surface area contributed by atoms with Crippen molar-refractivity contribution in [2.24, 2.45) is 5.41 Å². The van der Waals surface area contributed by atoms with E-state index in [0.717, 1.165) is 26.1 Å². The lowest BCUT2D eigenvalue weighted by molar-refractivity contribution is -0.141. The van der Waals surface area contributed by atoms with E-state index in [1.54, 1.807) is 0 Å². The van der Waals surface area contributed by atoms with Crippen LogP contribution in [0.2, 0.25) is 0 Å². The molecule has 0 radical (unpaired) electrons. The molecule has 2 aromatic carbocycles. The van der Waals surface area contributed by atoms with Gasteiger partial charge in [-0.05, 0) is 24.0 Å². The molecule has 29 heavy (non-hydrogen) atoms. The van der Waals surface area contributed by atoms with E-state index in [1.807, 2.05) is 26.0 Å². The highest BCUT2D eigenvalue weighted by Gasteiger charge is 2.46. The van der Waals surface area contributed by atoms with Crippen molar-refractivity contribution in [2.75, 3.05) is 13.1 Å². The maximum absolute atomic E-state index is 12.6. The highest BCUT2D eigenvalue weighted by atomic mass is 35.5. The van der Waals surface area contributed by atoms with E-state index in [4.69, 9.17) is 0 Å². The van der Waals surface area contributed by atoms with Gasteiger partial charge in [-0.15, -0.1) is 12.4 Å². The summed E-state index contributed by atoms with van der Waals surface area (Å²) in [5.41, 5.74) is 2.03. The molecule has 0 N–H and O–H groups in total. The minimum atomic E-state index is -0.509. The summed E-state index contributed by atoms with van der Waals surface area (Å²) in [4.78, 5) is 28.8. The van der Waals surface area contributed by atoms with Crippen LogP contribution >= 0.6 is 12.4 Å². The number of carbonyl (C=O) groups is 2. The maximum atomic E-state index is 12.6. The van der Waals surface area contributed by atoms with E-state index < -0.39 is 5.41 Å². The molecule has 0 spiro atoms. The minimum absolute atomic E-state index is 0. The van der Waals surface area contributed by atoms with Gasteiger partial charge in [-0.25, -0.2) is 0 Å². The molecule has 1 unspecified atom stereocenters. The third kappa shape index (κ3) is 5.91. The fourth-order valence-electron chi connectivity index (χ4n) is 3.80. The molecule has 0 bridgehead atoms. The highest BCUT2D eigenvalue weighted by Crippen LogP contribution is 2.35. The Hall–Kier alpha value is -2.17. The Labute approximate surface area is 180 Å². The van der Waals surface area contributed by atoms with Gasteiger partial charge in [0.1, 0.15) is 0 Å². The zero-order chi connectivity index (χ0) is 20.0. The summed E-state index contributed by atoms with van der Waals surface area (Å²) in [5.74, 6) is -0.0234. The molecule has 1 saturated heterocycles. The van der Waals surface area contributed by atoms with Crippen LogP contribution in [0.15, 0.2) is 60.7 Å². The SMILES string of the molecule is CCC1(C)CC(=O)N(CCCN(Cc2ccccc2)Cc2ccccc2)C1=O.Cl. The molecule has 0 aromatic heterocycles. The van der Waals surface area contributed by atoms with Crippen LogP contribution in [0.1, 0.15) is 44.2 Å². The highest BCUT2D eigenvalue weighted by molar-refractivity contribution is 6.05. The molecule has 0 saturated carbocycles. The molecule has 2 amide bonds. The molecular formula is C24H31ClN2O2. The molecule has 1 aliphatic rings. The molecule has 4 nitrogen and oxygen atoms in total. The van der Waals surface area contributed by atoms with Crippen LogP contribution in [0, 0.1) is 5.41 Å². The summed E-state index contributed by atoms with van der Waals surface area (Å²) < 4.78 is 0. The number of hydrogen-bond donors (Lipinski definition) is 0. The van der Waals surface area contributed by atoms with Gasteiger partial charge in [0, 0.05) is 32.6 Å². The van der Waals surface area contributed by atoms with Crippen LogP contribution in [0.4, 0.5) is 0 Å². The van der Waals surface area contributed by atoms with Crippen LogP contribution in [0.3, 0.4) is 0 Å². The van der Waals surface area contributed by atoms with Crippen LogP contribution in [0.25, 0.3) is 0 Å². The Kier molecular flexibility index (Phi) is 8.42. The Morgan fingerprint density at radius 1 is 0.931 bits per heavy atom. The van der Waals surface area contributed by atoms with E-state index >= 15 is 0 Å². The first-order valence-electron chi connectivity index (χ1n) is 10.2. The van der Waals surface area contributed by atoms with Gasteiger partial charge in [0.25, 0.3) is 0 Å². The number of carbonyl (C=O) groups excluding carboxylic acids is 2. The minimum Gasteiger partial charge on any atom is -0.295 e. The zero-order valence-electron chi connectivity index (χ0n) is 17.3. The Morgan fingerprint density at radius 2 is 1.45 bits per heavy atom. The average molecular weight is 415 g/mol. The van der Waals surface area contributed by atoms with Gasteiger partial charge >= 0.3 is 0 Å². The monoisotopic (exact) mass is 414 g/mol. The van der Waals surface area contributed by atoms with Gasteiger partial charge in [0.2, 0.25) is 11.8 Å². The summed E-state index contributed by atoms with van der Waals surface area (Å²) in [7, 11) is 0. The van der Waals surface area contributed by atoms with E-state index in [-0.39, 0.29) is 24.2 Å². The number of rotatable bonds is 9. The quantitative estimate of drug-likeness (QED) is 0.559. The van der Waals surface area contributed by atoms with Gasteiger partial charge < -0.3 is 0 Å². The van der Waals surface area contributed by atoms with Crippen LogP contribution in [-0.4, -0.2) is 34.7 Å². The molecule has 3 rings (SSSR count). The summed E-state index contributed by atoms with van der Waals surface area (Å²) in [5, 5.41) is 0. The molecule has 2 aromatic rings. The first-order chi connectivity index (χ1) is 13.5. The molecule has 5 heteroatoms. The number of benzene rings is 2. The molecule has 0 aliphatic carbocycles. The van der Waals surface area contributed by atoms with Crippen molar-refractivity contribution >= 4 is 24.2 Å². The summed E-state index contributed by atoms with van der Waals surface area (Å²) >= 11 is 0. The third-order valence-electron chi connectivity index (χ3n) is 5.74. The predicted octanol–water partition coefficient (Wildman–Crippen LogP) is 4.68. The lowest BCUT2D eigenvalue weighted by atomic mass is 9.86. The van der Waals surface area contributed by atoms with Gasteiger partial charge in [-0.2, -0.15) is 0 Å². The number of halogens is 1. The lowest BCUT2D eigenvalue weighted by Gasteiger charge is -2.24. The molecule has 1 aliphatic heterocycles. The number of hydrogen-bond acceptors (Lipinski definition) is 3. The van der Waals surface area contributed by atoms with Crippen molar-refractivity contribution in [1.29, 1.82) is 0 Å². The van der Waals surface area contributed by atoms with Gasteiger partial charge in [-0.1, -0.05) is 74.5 Å². The lowest BCUT2D eigenvalue weighted by Crippen LogP contribution is -2.36. The summed E-state index contributed by atoms with van der Waals surface area (Å²) in [6.07, 6.45) is 1.85. The van der Waals surface area contributed by atoms with E-state index in [9.17, 15) is 9.59 Å². The van der Waals surface area contributed by atoms with Gasteiger partial charge in [-0.3, -0.25) is 19.4 Å². The van der Waals surface area contributed by atoms with Crippen molar-refractivity contribution in [2.45, 2.75) is 46.2 Å². The van der Waals surface area contributed by atoms with Crippen molar-refractivity contribution in [3.8, 4) is 0 Å². The van der Waals surface area contributed by atoms with Crippen LogP contribution < -0.4 is 0 Å². The van der Waals surface area contributed by atoms with Gasteiger partial charge in [0.15, 0.2) is 0 Å². The van der Waals surface area contributed by atoms with Crippen LogP contribution in [0.5, 0.6) is 0 Å². The first-order valence-corrected chi connectivity index (χ1v) is 10.2. The normalized spacial score (nSPS) is 18.9. The smallest absolute Gasteiger partial charge is 0.235 e. The van der Waals surface area contributed by atoms with Crippen molar-refractivity contribution in [1.82, 2.24) is 9.80 Å². The second kappa shape index (κ2) is 10.6. The summed E-state index contributed by atoms with van der Waals surface area (Å²) in [6.45, 7) is 6.94. The fraction of sp³-hybridized carbons (Fsp3) is 0.417. The van der Waals surface area contributed by atoms with E-state index in [1.165, 1.54) is 16.0 Å².